The van der Waals surface area contributed by atoms with Gasteiger partial charge >= 0.3 is 5.88 Å². The summed E-state index contributed by atoms with van der Waals surface area (Å²) in [7, 11) is 1.64. The summed E-state index contributed by atoms with van der Waals surface area (Å²) in [6.45, 7) is 2.08. The lowest BCUT2D eigenvalue weighted by atomic mass is 10.4. The van der Waals surface area contributed by atoms with Crippen molar-refractivity contribution < 1.29 is 14.1 Å². The molecule has 0 aliphatic rings. The molecule has 0 aromatic carbocycles. The van der Waals surface area contributed by atoms with Crippen LogP contribution in [-0.4, -0.2) is 31.7 Å². The number of ether oxygens (including phenoxy) is 1. The van der Waals surface area contributed by atoms with Gasteiger partial charge < -0.3 is 14.5 Å². The van der Waals surface area contributed by atoms with Crippen LogP contribution in [0.2, 0.25) is 0 Å². The quantitative estimate of drug-likeness (QED) is 0.432. The Labute approximate surface area is 93.0 Å². The van der Waals surface area contributed by atoms with E-state index < -0.39 is 4.92 Å². The molecule has 0 amide bonds. The molecule has 1 aromatic heterocycles. The Bertz CT molecular complexity index is 359. The third-order valence-corrected chi connectivity index (χ3v) is 1.82. The molecule has 0 radical (unpaired) electrons. The average Bonchev–Trinajstić information content (AvgIpc) is 2.72. The Hall–Kier alpha value is -1.66. The van der Waals surface area contributed by atoms with Gasteiger partial charge in [-0.25, -0.2) is 0 Å². The molecule has 0 aliphatic carbocycles. The summed E-state index contributed by atoms with van der Waals surface area (Å²) in [4.78, 5) is 9.76. The van der Waals surface area contributed by atoms with Gasteiger partial charge in [-0.15, -0.1) is 0 Å². The Balaban J connectivity index is 2.30. The highest BCUT2D eigenvalue weighted by Crippen LogP contribution is 2.16. The van der Waals surface area contributed by atoms with Crippen LogP contribution in [0, 0.1) is 10.1 Å². The van der Waals surface area contributed by atoms with Crippen molar-refractivity contribution in [2.24, 2.45) is 0 Å². The Kier molecular flexibility index (Phi) is 5.24. The SMILES string of the molecule is COCCNCC=Cc1ccc([N+](=O)[O-])o1. The molecule has 6 heteroatoms. The van der Waals surface area contributed by atoms with Gasteiger partial charge in [-0.1, -0.05) is 6.08 Å². The van der Waals surface area contributed by atoms with Crippen LogP contribution in [0.4, 0.5) is 5.88 Å². The second-order valence-electron chi connectivity index (χ2n) is 3.03. The Morgan fingerprint density at radius 3 is 3.06 bits per heavy atom. The van der Waals surface area contributed by atoms with Gasteiger partial charge in [0.2, 0.25) is 0 Å². The molecule has 0 atom stereocenters. The zero-order valence-corrected chi connectivity index (χ0v) is 9.01. The lowest BCUT2D eigenvalue weighted by molar-refractivity contribution is -0.402. The van der Waals surface area contributed by atoms with Crippen LogP contribution in [0.3, 0.4) is 0 Å². The maximum atomic E-state index is 10.3. The van der Waals surface area contributed by atoms with E-state index in [1.807, 2.05) is 6.08 Å². The lowest BCUT2D eigenvalue weighted by Gasteiger charge is -1.98. The molecule has 1 heterocycles. The number of nitrogens with one attached hydrogen (secondary N) is 1. The zero-order valence-electron chi connectivity index (χ0n) is 9.01. The minimum atomic E-state index is -0.561. The van der Waals surface area contributed by atoms with Gasteiger partial charge in [0.25, 0.3) is 0 Å². The number of nitro groups is 1. The third kappa shape index (κ3) is 4.24. The van der Waals surface area contributed by atoms with Gasteiger partial charge in [0.05, 0.1) is 12.7 Å². The first-order chi connectivity index (χ1) is 7.74. The Morgan fingerprint density at radius 2 is 2.44 bits per heavy atom. The van der Waals surface area contributed by atoms with Crippen LogP contribution in [0.1, 0.15) is 5.76 Å². The summed E-state index contributed by atoms with van der Waals surface area (Å²) >= 11 is 0. The number of rotatable bonds is 7. The number of furan rings is 1. The maximum Gasteiger partial charge on any atom is 0.433 e. The van der Waals surface area contributed by atoms with E-state index in [1.54, 1.807) is 19.3 Å². The van der Waals surface area contributed by atoms with Crippen molar-refractivity contribution in [3.05, 3.63) is 34.1 Å². The molecular formula is C10H14N2O4. The lowest BCUT2D eigenvalue weighted by Crippen LogP contribution is -2.18. The van der Waals surface area contributed by atoms with Crippen LogP contribution in [0.25, 0.3) is 6.08 Å². The van der Waals surface area contributed by atoms with E-state index in [1.165, 1.54) is 6.07 Å². The summed E-state index contributed by atoms with van der Waals surface area (Å²) in [6.07, 6.45) is 3.52. The molecular weight excluding hydrogens is 212 g/mol. The zero-order chi connectivity index (χ0) is 11.8. The molecule has 1 rings (SSSR count). The fraction of sp³-hybridized carbons (Fsp3) is 0.400. The molecule has 0 bridgehead atoms. The van der Waals surface area contributed by atoms with Gasteiger partial charge in [0.15, 0.2) is 0 Å². The predicted octanol–water partition coefficient (Wildman–Crippen LogP) is 1.44. The van der Waals surface area contributed by atoms with Crippen molar-refractivity contribution in [3.63, 3.8) is 0 Å². The highest BCUT2D eigenvalue weighted by atomic mass is 16.6. The fourth-order valence-corrected chi connectivity index (χ4v) is 1.06. The summed E-state index contributed by atoms with van der Waals surface area (Å²) in [5.74, 6) is 0.229. The predicted molar refractivity (Wildman–Crippen MR) is 59.1 cm³/mol. The normalized spacial score (nSPS) is 11.1. The van der Waals surface area contributed by atoms with E-state index in [0.717, 1.165) is 6.54 Å². The summed E-state index contributed by atoms with van der Waals surface area (Å²) in [5, 5.41) is 13.4. The fourth-order valence-electron chi connectivity index (χ4n) is 1.06. The van der Waals surface area contributed by atoms with Crippen LogP contribution >= 0.6 is 0 Å². The number of hydrogen-bond acceptors (Lipinski definition) is 5. The average molecular weight is 226 g/mol. The second kappa shape index (κ2) is 6.76. The van der Waals surface area contributed by atoms with Gasteiger partial charge in [-0.2, -0.15) is 0 Å². The van der Waals surface area contributed by atoms with E-state index in [2.05, 4.69) is 5.32 Å². The summed E-state index contributed by atoms with van der Waals surface area (Å²) < 4.78 is 9.79. The number of hydrogen-bond donors (Lipinski definition) is 1. The van der Waals surface area contributed by atoms with Crippen molar-refractivity contribution >= 4 is 12.0 Å². The first-order valence-electron chi connectivity index (χ1n) is 4.84. The number of nitrogens with zero attached hydrogens (tertiary/aromatic N) is 1. The molecule has 0 unspecified atom stereocenters. The van der Waals surface area contributed by atoms with Crippen molar-refractivity contribution in [2.45, 2.75) is 0 Å². The van der Waals surface area contributed by atoms with Crippen molar-refractivity contribution in [1.82, 2.24) is 5.32 Å². The first-order valence-corrected chi connectivity index (χ1v) is 4.84. The van der Waals surface area contributed by atoms with Crippen LogP contribution < -0.4 is 5.32 Å². The highest BCUT2D eigenvalue weighted by molar-refractivity contribution is 5.44. The topological polar surface area (TPSA) is 77.5 Å². The largest absolute Gasteiger partial charge is 0.433 e. The van der Waals surface area contributed by atoms with Gasteiger partial charge in [0.1, 0.15) is 10.7 Å². The van der Waals surface area contributed by atoms with Crippen molar-refractivity contribution in [2.75, 3.05) is 26.8 Å². The minimum Gasteiger partial charge on any atom is -0.401 e. The van der Waals surface area contributed by atoms with Crippen LogP contribution in [-0.2, 0) is 4.74 Å². The van der Waals surface area contributed by atoms with E-state index in [4.69, 9.17) is 9.15 Å². The van der Waals surface area contributed by atoms with E-state index in [0.29, 0.717) is 18.9 Å². The maximum absolute atomic E-state index is 10.3. The molecule has 0 saturated heterocycles. The summed E-state index contributed by atoms with van der Waals surface area (Å²) in [6, 6.07) is 2.89. The molecule has 0 fully saturated rings. The molecule has 0 aliphatic heterocycles. The van der Waals surface area contributed by atoms with Gasteiger partial charge in [-0.05, 0) is 12.1 Å². The highest BCUT2D eigenvalue weighted by Gasteiger charge is 2.09. The summed E-state index contributed by atoms with van der Waals surface area (Å²) in [5.41, 5.74) is 0. The molecule has 1 aromatic rings. The molecule has 0 saturated carbocycles. The minimum absolute atomic E-state index is 0.244. The number of methoxy groups -OCH3 is 1. The molecule has 1 N–H and O–H groups in total. The molecule has 0 spiro atoms. The van der Waals surface area contributed by atoms with Crippen LogP contribution in [0.5, 0.6) is 0 Å². The molecule has 6 nitrogen and oxygen atoms in total. The van der Waals surface area contributed by atoms with Gasteiger partial charge in [-0.3, -0.25) is 10.1 Å². The first kappa shape index (κ1) is 12.4. The molecule has 88 valence electrons. The molecule has 16 heavy (non-hydrogen) atoms. The van der Waals surface area contributed by atoms with Crippen LogP contribution in [0.15, 0.2) is 22.6 Å². The monoisotopic (exact) mass is 226 g/mol. The van der Waals surface area contributed by atoms with Crippen molar-refractivity contribution in [3.8, 4) is 0 Å². The van der Waals surface area contributed by atoms with Gasteiger partial charge in [0, 0.05) is 20.2 Å². The van der Waals surface area contributed by atoms with E-state index in [-0.39, 0.29) is 5.88 Å². The standard InChI is InChI=1S/C10H14N2O4/c1-15-8-7-11-6-2-3-9-4-5-10(16-9)12(13)14/h2-5,11H,6-8H2,1H3. The van der Waals surface area contributed by atoms with Crippen molar-refractivity contribution in [1.29, 1.82) is 0 Å². The van der Waals surface area contributed by atoms with E-state index in [9.17, 15) is 10.1 Å². The second-order valence-corrected chi connectivity index (χ2v) is 3.03. The Morgan fingerprint density at radius 1 is 1.62 bits per heavy atom. The third-order valence-electron chi connectivity index (χ3n) is 1.82. The van der Waals surface area contributed by atoms with E-state index >= 15 is 0 Å². The smallest absolute Gasteiger partial charge is 0.401 e.